The minimum Gasteiger partial charge on any atom is -0.460 e. The van der Waals surface area contributed by atoms with Crippen molar-refractivity contribution in [3.63, 3.8) is 0 Å². The molecule has 0 spiro atoms. The summed E-state index contributed by atoms with van der Waals surface area (Å²) in [5, 5.41) is 10.6. The summed E-state index contributed by atoms with van der Waals surface area (Å²) in [6, 6.07) is 6.05. The molecule has 2 aromatic rings. The molecule has 6 nitrogen and oxygen atoms in total. The fraction of sp³-hybridized carbons (Fsp3) is 0.483. The second-order valence-electron chi connectivity index (χ2n) is 10.3. The summed E-state index contributed by atoms with van der Waals surface area (Å²) in [6.45, 7) is 7.69. The van der Waals surface area contributed by atoms with Crippen LogP contribution in [0, 0.1) is 5.82 Å². The summed E-state index contributed by atoms with van der Waals surface area (Å²) in [6.07, 6.45) is 5.63. The minimum absolute atomic E-state index is 0.0175. The molecule has 0 bridgehead atoms. The van der Waals surface area contributed by atoms with Crippen molar-refractivity contribution in [2.75, 3.05) is 0 Å². The van der Waals surface area contributed by atoms with E-state index in [1.54, 1.807) is 43.5 Å². The highest BCUT2D eigenvalue weighted by molar-refractivity contribution is 5.96. The van der Waals surface area contributed by atoms with Gasteiger partial charge in [0.25, 0.3) is 5.56 Å². The van der Waals surface area contributed by atoms with Gasteiger partial charge in [0.05, 0.1) is 11.8 Å². The molecule has 0 radical (unpaired) electrons. The molecule has 3 rings (SSSR count). The fourth-order valence-electron chi connectivity index (χ4n) is 4.65. The van der Waals surface area contributed by atoms with Crippen LogP contribution in [-0.2, 0) is 33.7 Å². The van der Waals surface area contributed by atoms with E-state index in [0.29, 0.717) is 24.2 Å². The predicted octanol–water partition coefficient (Wildman–Crippen LogP) is 5.01. The van der Waals surface area contributed by atoms with E-state index in [2.05, 4.69) is 0 Å². The highest BCUT2D eigenvalue weighted by Gasteiger charge is 2.24. The molecule has 1 heterocycles. The molecule has 1 N–H and O–H groups in total. The normalized spacial score (nSPS) is 14.5. The second-order valence-corrected chi connectivity index (χ2v) is 10.3. The molecule has 0 aliphatic heterocycles. The summed E-state index contributed by atoms with van der Waals surface area (Å²) < 4.78 is 20.6. The number of carbonyl (C=O) groups excluding carboxylic acids is 2. The van der Waals surface area contributed by atoms with Gasteiger partial charge in [-0.1, -0.05) is 19.1 Å². The fourth-order valence-corrected chi connectivity index (χ4v) is 4.65. The number of ether oxygens (including phenoxy) is 1. The Morgan fingerprint density at radius 3 is 2.39 bits per heavy atom. The number of aromatic nitrogens is 1. The van der Waals surface area contributed by atoms with E-state index in [0.717, 1.165) is 42.4 Å². The quantitative estimate of drug-likeness (QED) is 0.389. The molecule has 1 aliphatic carbocycles. The summed E-state index contributed by atoms with van der Waals surface area (Å²) in [7, 11) is 0. The molecular formula is C29H36FNO5. The van der Waals surface area contributed by atoms with Gasteiger partial charge in [-0.3, -0.25) is 14.4 Å². The maximum Gasteiger partial charge on any atom is 0.313 e. The van der Waals surface area contributed by atoms with Gasteiger partial charge in [0.1, 0.15) is 23.6 Å². The third kappa shape index (κ3) is 7.00. The third-order valence-corrected chi connectivity index (χ3v) is 6.07. The van der Waals surface area contributed by atoms with Crippen LogP contribution in [0.15, 0.2) is 35.1 Å². The Morgan fingerprint density at radius 1 is 1.14 bits per heavy atom. The number of pyridine rings is 1. The van der Waals surface area contributed by atoms with Gasteiger partial charge in [0.2, 0.25) is 0 Å². The average molecular weight is 498 g/mol. The van der Waals surface area contributed by atoms with E-state index in [1.165, 1.54) is 18.2 Å². The summed E-state index contributed by atoms with van der Waals surface area (Å²) in [4.78, 5) is 37.7. The number of hydrogen-bond acceptors (Lipinski definition) is 5. The first-order valence-electron chi connectivity index (χ1n) is 12.6. The molecule has 1 aliphatic rings. The van der Waals surface area contributed by atoms with E-state index in [4.69, 9.17) is 4.74 Å². The standard InChI is InChI=1S/C29H36FNO5/c1-5-16-31-27(19-10-12-20(30)13-11-19)24(23-8-6-7-9-25(23)28(31)35)15-14-21(32)17-22(33)18-26(34)36-29(2,3)4/h10-15,21,32H,5-9,16-18H2,1-4H3/b15-14+. The molecular weight excluding hydrogens is 461 g/mol. The number of aliphatic hydroxyl groups excluding tert-OH is 1. The summed E-state index contributed by atoms with van der Waals surface area (Å²) in [5.74, 6) is -1.40. The first kappa shape index (κ1) is 27.5. The van der Waals surface area contributed by atoms with Crippen molar-refractivity contribution in [1.82, 2.24) is 4.57 Å². The lowest BCUT2D eigenvalue weighted by atomic mass is 9.86. The molecule has 0 amide bonds. The zero-order valence-electron chi connectivity index (χ0n) is 21.6. The van der Waals surface area contributed by atoms with Crippen molar-refractivity contribution in [2.24, 2.45) is 0 Å². The number of aliphatic hydroxyl groups is 1. The second kappa shape index (κ2) is 11.8. The van der Waals surface area contributed by atoms with Crippen LogP contribution in [-0.4, -0.2) is 33.1 Å². The number of rotatable bonds is 9. The number of carbonyl (C=O) groups is 2. The Hall–Kier alpha value is -3.06. The number of hydrogen-bond donors (Lipinski definition) is 1. The predicted molar refractivity (Wildman–Crippen MR) is 138 cm³/mol. The molecule has 0 saturated heterocycles. The van der Waals surface area contributed by atoms with Crippen molar-refractivity contribution >= 4 is 17.8 Å². The summed E-state index contributed by atoms with van der Waals surface area (Å²) >= 11 is 0. The highest BCUT2D eigenvalue weighted by atomic mass is 19.1. The van der Waals surface area contributed by atoms with Crippen LogP contribution in [0.2, 0.25) is 0 Å². The number of nitrogens with zero attached hydrogens (tertiary/aromatic N) is 1. The maximum absolute atomic E-state index is 13.7. The molecule has 1 aromatic carbocycles. The van der Waals surface area contributed by atoms with E-state index in [-0.39, 0.29) is 17.8 Å². The number of fused-ring (bicyclic) bond motifs is 1. The number of ketones is 1. The van der Waals surface area contributed by atoms with Crippen molar-refractivity contribution < 1.29 is 23.8 Å². The SMILES string of the molecule is CCCn1c(-c2ccc(F)cc2)c(/C=C/C(O)CC(=O)CC(=O)OC(C)(C)C)c2c(c1=O)CCCC2. The van der Waals surface area contributed by atoms with Crippen molar-refractivity contribution in [3.05, 3.63) is 63.2 Å². The third-order valence-electron chi connectivity index (χ3n) is 6.07. The van der Waals surface area contributed by atoms with Crippen LogP contribution < -0.4 is 5.56 Å². The van der Waals surface area contributed by atoms with Gasteiger partial charge in [-0.25, -0.2) is 4.39 Å². The first-order valence-corrected chi connectivity index (χ1v) is 12.6. The molecule has 1 unspecified atom stereocenters. The number of Topliss-reactive ketones (excluding diaryl/α,β-unsaturated/α-hetero) is 1. The van der Waals surface area contributed by atoms with Crippen LogP contribution in [0.25, 0.3) is 17.3 Å². The Bertz CT molecular complexity index is 1190. The lowest BCUT2D eigenvalue weighted by Gasteiger charge is -2.25. The number of halogens is 1. The monoisotopic (exact) mass is 497 g/mol. The Balaban J connectivity index is 1.97. The van der Waals surface area contributed by atoms with E-state index in [9.17, 15) is 23.9 Å². The lowest BCUT2D eigenvalue weighted by Crippen LogP contribution is -2.30. The van der Waals surface area contributed by atoms with Gasteiger partial charge < -0.3 is 14.4 Å². The number of benzene rings is 1. The smallest absolute Gasteiger partial charge is 0.313 e. The summed E-state index contributed by atoms with van der Waals surface area (Å²) in [5.41, 5.74) is 3.24. The van der Waals surface area contributed by atoms with Crippen LogP contribution >= 0.6 is 0 Å². The Morgan fingerprint density at radius 2 is 1.78 bits per heavy atom. The van der Waals surface area contributed by atoms with E-state index in [1.807, 2.05) is 6.92 Å². The first-order chi connectivity index (χ1) is 17.0. The van der Waals surface area contributed by atoms with E-state index >= 15 is 0 Å². The minimum atomic E-state index is -1.10. The Kier molecular flexibility index (Phi) is 9.01. The van der Waals surface area contributed by atoms with Crippen LogP contribution in [0.5, 0.6) is 0 Å². The van der Waals surface area contributed by atoms with Crippen LogP contribution in [0.3, 0.4) is 0 Å². The van der Waals surface area contributed by atoms with Gasteiger partial charge in [-0.15, -0.1) is 0 Å². The van der Waals surface area contributed by atoms with Gasteiger partial charge in [-0.05, 0) is 88.3 Å². The molecule has 0 fully saturated rings. The van der Waals surface area contributed by atoms with Crippen LogP contribution in [0.1, 0.15) is 76.5 Å². The molecule has 194 valence electrons. The molecule has 0 saturated carbocycles. The van der Waals surface area contributed by atoms with Gasteiger partial charge in [0, 0.05) is 24.1 Å². The largest absolute Gasteiger partial charge is 0.460 e. The number of esters is 1. The van der Waals surface area contributed by atoms with Crippen molar-refractivity contribution in [1.29, 1.82) is 0 Å². The van der Waals surface area contributed by atoms with Crippen molar-refractivity contribution in [2.45, 2.75) is 90.9 Å². The molecule has 1 atom stereocenters. The van der Waals surface area contributed by atoms with E-state index < -0.39 is 29.9 Å². The maximum atomic E-state index is 13.7. The van der Waals surface area contributed by atoms with Crippen molar-refractivity contribution in [3.8, 4) is 11.3 Å². The van der Waals surface area contributed by atoms with Gasteiger partial charge >= 0.3 is 5.97 Å². The highest BCUT2D eigenvalue weighted by Crippen LogP contribution is 2.32. The van der Waals surface area contributed by atoms with Gasteiger partial charge in [0.15, 0.2) is 0 Å². The van der Waals surface area contributed by atoms with Crippen LogP contribution in [0.4, 0.5) is 4.39 Å². The van der Waals surface area contributed by atoms with Gasteiger partial charge in [-0.2, -0.15) is 0 Å². The molecule has 7 heteroatoms. The lowest BCUT2D eigenvalue weighted by molar-refractivity contribution is -0.156. The molecule has 1 aromatic heterocycles. The zero-order chi connectivity index (χ0) is 26.5. The average Bonchev–Trinajstić information content (AvgIpc) is 2.79. The zero-order valence-corrected chi connectivity index (χ0v) is 21.6. The topological polar surface area (TPSA) is 85.6 Å². The Labute approximate surface area is 211 Å². The molecule has 36 heavy (non-hydrogen) atoms.